The van der Waals surface area contributed by atoms with Crippen molar-refractivity contribution in [2.75, 3.05) is 0 Å². The highest BCUT2D eigenvalue weighted by atomic mass is 35.5. The van der Waals surface area contributed by atoms with Gasteiger partial charge in [-0.05, 0) is 43.4 Å². The molecule has 4 rings (SSSR count). The third-order valence-electron chi connectivity index (χ3n) is 4.58. The minimum atomic E-state index is -0.423. The number of nitrogens with two attached hydrogens (primary N) is 1. The van der Waals surface area contributed by atoms with Gasteiger partial charge in [0.25, 0.3) is 5.89 Å². The summed E-state index contributed by atoms with van der Waals surface area (Å²) < 4.78 is 11.2. The largest absolute Gasteiger partial charge is 0.451 e. The maximum atomic E-state index is 6.22. The molecule has 0 radical (unpaired) electrons. The van der Waals surface area contributed by atoms with Crippen LogP contribution in [0, 0.1) is 0 Å². The van der Waals surface area contributed by atoms with Crippen molar-refractivity contribution in [3.05, 3.63) is 47.8 Å². The number of hydrogen-bond donors (Lipinski definition) is 1. The monoisotopic (exact) mass is 345 g/mol. The summed E-state index contributed by atoms with van der Waals surface area (Å²) in [6.07, 6.45) is 3.94. The third kappa shape index (κ3) is 2.85. The topological polar surface area (TPSA) is 78.1 Å². The molecule has 0 unspecified atom stereocenters. The summed E-state index contributed by atoms with van der Waals surface area (Å²) in [5.41, 5.74) is 8.13. The van der Waals surface area contributed by atoms with Gasteiger partial charge in [0.2, 0.25) is 0 Å². The molecule has 1 aliphatic carbocycles. The summed E-state index contributed by atoms with van der Waals surface area (Å²) in [6.45, 7) is 2.14. The number of hydrogen-bond acceptors (Lipinski definition) is 5. The molecule has 1 aromatic carbocycles. The predicted octanol–water partition coefficient (Wildman–Crippen LogP) is 4.32. The second-order valence-corrected chi connectivity index (χ2v) is 6.15. The molecular formula is C18H20ClN3O2. The van der Waals surface area contributed by atoms with Crippen LogP contribution in [0.3, 0.4) is 0 Å². The predicted molar refractivity (Wildman–Crippen MR) is 93.8 cm³/mol. The zero-order valence-corrected chi connectivity index (χ0v) is 14.3. The lowest BCUT2D eigenvalue weighted by Crippen LogP contribution is -2.44. The molecule has 0 aliphatic heterocycles. The third-order valence-corrected chi connectivity index (χ3v) is 4.58. The quantitative estimate of drug-likeness (QED) is 0.761. The highest BCUT2D eigenvalue weighted by Gasteiger charge is 2.39. The van der Waals surface area contributed by atoms with Gasteiger partial charge in [0.15, 0.2) is 11.6 Å². The average Bonchev–Trinajstić information content (AvgIpc) is 3.22. The van der Waals surface area contributed by atoms with Crippen molar-refractivity contribution in [3.63, 3.8) is 0 Å². The van der Waals surface area contributed by atoms with Crippen LogP contribution in [0.4, 0.5) is 0 Å². The maximum absolute atomic E-state index is 6.22. The molecule has 1 fully saturated rings. The van der Waals surface area contributed by atoms with Crippen LogP contribution in [-0.2, 0) is 12.0 Å². The first-order chi connectivity index (χ1) is 11.2. The highest BCUT2D eigenvalue weighted by Crippen LogP contribution is 2.38. The minimum absolute atomic E-state index is 0. The summed E-state index contributed by atoms with van der Waals surface area (Å²) in [5.74, 6) is 2.31. The van der Waals surface area contributed by atoms with Crippen LogP contribution < -0.4 is 5.73 Å². The lowest BCUT2D eigenvalue weighted by molar-refractivity contribution is 0.229. The summed E-state index contributed by atoms with van der Waals surface area (Å²) in [6, 6.07) is 12.1. The number of halogens is 1. The second-order valence-electron chi connectivity index (χ2n) is 6.15. The zero-order chi connectivity index (χ0) is 15.9. The van der Waals surface area contributed by atoms with E-state index in [0.29, 0.717) is 17.5 Å². The van der Waals surface area contributed by atoms with E-state index in [4.69, 9.17) is 14.7 Å². The van der Waals surface area contributed by atoms with Crippen LogP contribution in [0.2, 0.25) is 0 Å². The van der Waals surface area contributed by atoms with Crippen LogP contribution in [0.5, 0.6) is 0 Å². The van der Waals surface area contributed by atoms with E-state index in [1.165, 1.54) is 5.56 Å². The molecule has 1 saturated carbocycles. The molecule has 0 bridgehead atoms. The van der Waals surface area contributed by atoms with Gasteiger partial charge in [0.1, 0.15) is 5.76 Å². The number of benzene rings is 1. The van der Waals surface area contributed by atoms with Gasteiger partial charge in [-0.2, -0.15) is 4.98 Å². The van der Waals surface area contributed by atoms with Gasteiger partial charge < -0.3 is 14.7 Å². The Hall–Kier alpha value is -2.11. The fourth-order valence-electron chi connectivity index (χ4n) is 2.82. The Bertz CT molecular complexity index is 819. The van der Waals surface area contributed by atoms with Crippen molar-refractivity contribution in [1.29, 1.82) is 0 Å². The molecule has 0 saturated heterocycles. The number of furan rings is 1. The van der Waals surface area contributed by atoms with E-state index in [1.807, 2.05) is 12.1 Å². The molecule has 0 amide bonds. The molecule has 2 N–H and O–H groups in total. The van der Waals surface area contributed by atoms with Gasteiger partial charge in [0.05, 0.1) is 5.54 Å². The molecule has 5 nitrogen and oxygen atoms in total. The molecule has 2 aromatic heterocycles. The van der Waals surface area contributed by atoms with Crippen molar-refractivity contribution in [2.45, 2.75) is 38.1 Å². The van der Waals surface area contributed by atoms with Crippen LogP contribution in [0.25, 0.3) is 23.0 Å². The number of nitrogens with zero attached hydrogens (tertiary/aromatic N) is 2. The standard InChI is InChI=1S/C18H19N3O2.ClH/c1-2-12-4-6-13(7-5-12)14-8-9-15(22-14)16-20-17(21-23-16)18(19)10-3-11-18;/h4-9H,2-3,10-11,19H2,1H3;1H. The minimum Gasteiger partial charge on any atom is -0.451 e. The molecule has 1 aliphatic rings. The van der Waals surface area contributed by atoms with E-state index in [2.05, 4.69) is 41.3 Å². The Labute approximate surface area is 146 Å². The second kappa shape index (κ2) is 6.42. The van der Waals surface area contributed by atoms with Crippen LogP contribution >= 0.6 is 12.4 Å². The van der Waals surface area contributed by atoms with Crippen LogP contribution in [0.15, 0.2) is 45.3 Å². The average molecular weight is 346 g/mol. The first-order valence-corrected chi connectivity index (χ1v) is 8.00. The maximum Gasteiger partial charge on any atom is 0.293 e. The summed E-state index contributed by atoms with van der Waals surface area (Å²) in [5, 5.41) is 4.02. The summed E-state index contributed by atoms with van der Waals surface area (Å²) >= 11 is 0. The molecule has 3 aromatic rings. The van der Waals surface area contributed by atoms with Crippen LogP contribution in [-0.4, -0.2) is 10.1 Å². The van der Waals surface area contributed by atoms with Crippen molar-refractivity contribution in [3.8, 4) is 23.0 Å². The number of aryl methyl sites for hydroxylation is 1. The number of aromatic nitrogens is 2. The van der Waals surface area contributed by atoms with Crippen molar-refractivity contribution < 1.29 is 8.94 Å². The lowest BCUT2D eigenvalue weighted by Gasteiger charge is -2.34. The Morgan fingerprint density at radius 3 is 2.42 bits per heavy atom. The Balaban J connectivity index is 0.00000169. The van der Waals surface area contributed by atoms with Crippen molar-refractivity contribution in [2.24, 2.45) is 5.73 Å². The Morgan fingerprint density at radius 2 is 1.79 bits per heavy atom. The van der Waals surface area contributed by atoms with Gasteiger partial charge in [-0.25, -0.2) is 0 Å². The first kappa shape index (κ1) is 16.7. The smallest absolute Gasteiger partial charge is 0.293 e. The zero-order valence-electron chi connectivity index (χ0n) is 13.5. The first-order valence-electron chi connectivity index (χ1n) is 8.00. The van der Waals surface area contributed by atoms with E-state index in [-0.39, 0.29) is 12.4 Å². The molecule has 0 atom stereocenters. The molecular weight excluding hydrogens is 326 g/mol. The summed E-state index contributed by atoms with van der Waals surface area (Å²) in [7, 11) is 0. The summed E-state index contributed by atoms with van der Waals surface area (Å²) in [4.78, 5) is 4.41. The SMILES string of the molecule is CCc1ccc(-c2ccc(-c3nc(C4(N)CCC4)no3)o2)cc1.Cl. The highest BCUT2D eigenvalue weighted by molar-refractivity contribution is 5.85. The van der Waals surface area contributed by atoms with Crippen molar-refractivity contribution in [1.82, 2.24) is 10.1 Å². The Morgan fingerprint density at radius 1 is 1.08 bits per heavy atom. The normalized spacial score (nSPS) is 15.6. The van der Waals surface area contributed by atoms with Gasteiger partial charge in [-0.15, -0.1) is 12.4 Å². The van der Waals surface area contributed by atoms with E-state index >= 15 is 0 Å². The van der Waals surface area contributed by atoms with Crippen molar-refractivity contribution >= 4 is 12.4 Å². The van der Waals surface area contributed by atoms with Gasteiger partial charge in [-0.3, -0.25) is 0 Å². The molecule has 6 heteroatoms. The molecule has 2 heterocycles. The molecule has 0 spiro atoms. The van der Waals surface area contributed by atoms with E-state index in [1.54, 1.807) is 0 Å². The van der Waals surface area contributed by atoms with E-state index in [9.17, 15) is 0 Å². The van der Waals surface area contributed by atoms with Gasteiger partial charge in [-0.1, -0.05) is 36.3 Å². The van der Waals surface area contributed by atoms with E-state index < -0.39 is 5.54 Å². The molecule has 126 valence electrons. The van der Waals surface area contributed by atoms with Gasteiger partial charge >= 0.3 is 0 Å². The van der Waals surface area contributed by atoms with Crippen LogP contribution in [0.1, 0.15) is 37.6 Å². The fraction of sp³-hybridized carbons (Fsp3) is 0.333. The molecule has 24 heavy (non-hydrogen) atoms. The van der Waals surface area contributed by atoms with E-state index in [0.717, 1.165) is 37.0 Å². The van der Waals surface area contributed by atoms with Gasteiger partial charge in [0, 0.05) is 5.56 Å². The Kier molecular flexibility index (Phi) is 4.47. The lowest BCUT2D eigenvalue weighted by atomic mass is 9.77. The number of rotatable bonds is 4. The fourth-order valence-corrected chi connectivity index (χ4v) is 2.82.